The van der Waals surface area contributed by atoms with E-state index in [0.717, 1.165) is 25.9 Å². The second kappa shape index (κ2) is 7.23. The molecule has 20 heavy (non-hydrogen) atoms. The maximum Gasteiger partial charge on any atom is 0.231 e. The van der Waals surface area contributed by atoms with Gasteiger partial charge >= 0.3 is 0 Å². The molecule has 1 fully saturated rings. The van der Waals surface area contributed by atoms with Gasteiger partial charge in [-0.05, 0) is 39.0 Å². The first-order valence-electron chi connectivity index (χ1n) is 7.33. The maximum atomic E-state index is 9.21. The number of aliphatic hydroxyl groups excluding tert-OH is 1. The monoisotopic (exact) mass is 280 g/mol. The van der Waals surface area contributed by atoms with Crippen molar-refractivity contribution < 1.29 is 5.11 Å². The molecule has 1 aromatic rings. The number of aliphatic hydroxyl groups is 1. The molecule has 0 radical (unpaired) electrons. The number of hydrogen-bond donors (Lipinski definition) is 3. The Kier molecular flexibility index (Phi) is 5.34. The maximum absolute atomic E-state index is 9.21. The minimum atomic E-state index is -0.274. The van der Waals surface area contributed by atoms with Crippen LogP contribution in [0.3, 0.4) is 0 Å². The smallest absolute Gasteiger partial charge is 0.231 e. The third kappa shape index (κ3) is 4.48. The fourth-order valence-corrected chi connectivity index (χ4v) is 2.29. The molecule has 1 aromatic heterocycles. The van der Waals surface area contributed by atoms with Crippen molar-refractivity contribution in [3.8, 4) is 0 Å². The molecule has 0 bridgehead atoms. The Balaban J connectivity index is 1.93. The summed E-state index contributed by atoms with van der Waals surface area (Å²) in [4.78, 5) is 14.9. The first-order chi connectivity index (χ1) is 9.65. The Hall–Kier alpha value is -1.63. The molecule has 0 amide bonds. The average molecular weight is 280 g/mol. The lowest BCUT2D eigenvalue weighted by Crippen LogP contribution is -2.31. The van der Waals surface area contributed by atoms with Crippen LogP contribution in [0, 0.1) is 0 Å². The van der Waals surface area contributed by atoms with Crippen LogP contribution in [-0.2, 0) is 0 Å². The molecule has 7 nitrogen and oxygen atoms in total. The molecule has 2 rings (SSSR count). The van der Waals surface area contributed by atoms with Crippen LogP contribution in [0.1, 0.15) is 39.0 Å². The van der Waals surface area contributed by atoms with E-state index in [1.54, 1.807) is 6.92 Å². The van der Waals surface area contributed by atoms with Gasteiger partial charge in [-0.15, -0.1) is 0 Å². The van der Waals surface area contributed by atoms with Crippen molar-refractivity contribution in [2.24, 2.45) is 0 Å². The zero-order chi connectivity index (χ0) is 14.4. The molecule has 2 heterocycles. The molecule has 0 spiro atoms. The lowest BCUT2D eigenvalue weighted by atomic mass is 10.1. The van der Waals surface area contributed by atoms with Crippen molar-refractivity contribution in [3.05, 3.63) is 0 Å². The van der Waals surface area contributed by atoms with Gasteiger partial charge in [-0.25, -0.2) is 0 Å². The highest BCUT2D eigenvalue weighted by Crippen LogP contribution is 2.17. The molecule has 1 unspecified atom stereocenters. The summed E-state index contributed by atoms with van der Waals surface area (Å²) >= 11 is 0. The third-order valence-corrected chi connectivity index (χ3v) is 3.36. The van der Waals surface area contributed by atoms with Gasteiger partial charge in [-0.3, -0.25) is 0 Å². The zero-order valence-corrected chi connectivity index (χ0v) is 12.0. The third-order valence-electron chi connectivity index (χ3n) is 3.36. The number of nitrogens with two attached hydrogens (primary N) is 1. The zero-order valence-electron chi connectivity index (χ0n) is 12.0. The lowest BCUT2D eigenvalue weighted by molar-refractivity contribution is 0.183. The number of rotatable bonds is 6. The summed E-state index contributed by atoms with van der Waals surface area (Å²) in [6.45, 7) is 4.46. The number of piperidine rings is 1. The second-order valence-corrected chi connectivity index (χ2v) is 5.28. The van der Waals surface area contributed by atoms with Crippen LogP contribution in [0.5, 0.6) is 0 Å². The highest BCUT2D eigenvalue weighted by atomic mass is 16.3. The van der Waals surface area contributed by atoms with Crippen molar-refractivity contribution >= 4 is 17.8 Å². The summed E-state index contributed by atoms with van der Waals surface area (Å²) in [5, 5.41) is 12.4. The van der Waals surface area contributed by atoms with Crippen LogP contribution in [0.15, 0.2) is 0 Å². The van der Waals surface area contributed by atoms with Crippen LogP contribution >= 0.6 is 0 Å². The molecule has 7 heteroatoms. The van der Waals surface area contributed by atoms with Gasteiger partial charge in [0.25, 0.3) is 0 Å². The Morgan fingerprint density at radius 1 is 1.25 bits per heavy atom. The number of anilines is 3. The molecule has 4 N–H and O–H groups in total. The second-order valence-electron chi connectivity index (χ2n) is 5.28. The number of nitrogens with one attached hydrogen (secondary N) is 1. The van der Waals surface area contributed by atoms with E-state index in [4.69, 9.17) is 5.73 Å². The number of nitrogens with zero attached hydrogens (tertiary/aromatic N) is 4. The van der Waals surface area contributed by atoms with Crippen LogP contribution in [0.2, 0.25) is 0 Å². The minimum Gasteiger partial charge on any atom is -0.393 e. The fourth-order valence-electron chi connectivity index (χ4n) is 2.29. The van der Waals surface area contributed by atoms with Gasteiger partial charge in [0.15, 0.2) is 0 Å². The Morgan fingerprint density at radius 2 is 2.00 bits per heavy atom. The van der Waals surface area contributed by atoms with Gasteiger partial charge in [0, 0.05) is 19.6 Å². The average Bonchev–Trinajstić information content (AvgIpc) is 2.44. The van der Waals surface area contributed by atoms with Gasteiger partial charge in [-0.2, -0.15) is 15.0 Å². The van der Waals surface area contributed by atoms with Crippen LogP contribution in [0.25, 0.3) is 0 Å². The van der Waals surface area contributed by atoms with E-state index in [2.05, 4.69) is 25.2 Å². The molecule has 1 atom stereocenters. The Labute approximate surface area is 119 Å². The largest absolute Gasteiger partial charge is 0.393 e. The van der Waals surface area contributed by atoms with Crippen molar-refractivity contribution in [3.63, 3.8) is 0 Å². The van der Waals surface area contributed by atoms with Crippen LogP contribution in [-0.4, -0.2) is 45.8 Å². The summed E-state index contributed by atoms with van der Waals surface area (Å²) in [7, 11) is 0. The molecular formula is C13H24N6O. The molecular weight excluding hydrogens is 256 g/mol. The first kappa shape index (κ1) is 14.8. The number of nitrogen functional groups attached to an aromatic ring is 1. The normalized spacial score (nSPS) is 17.0. The highest BCUT2D eigenvalue weighted by Gasteiger charge is 2.15. The van der Waals surface area contributed by atoms with Crippen LogP contribution < -0.4 is 16.0 Å². The van der Waals surface area contributed by atoms with Crippen LogP contribution in [0.4, 0.5) is 17.8 Å². The topological polar surface area (TPSA) is 100 Å². The highest BCUT2D eigenvalue weighted by molar-refractivity contribution is 5.42. The van der Waals surface area contributed by atoms with Gasteiger partial charge in [0.2, 0.25) is 17.8 Å². The molecule has 1 aliphatic heterocycles. The molecule has 1 saturated heterocycles. The number of hydrogen-bond acceptors (Lipinski definition) is 7. The minimum absolute atomic E-state index is 0.249. The molecule has 0 aliphatic carbocycles. The molecule has 0 aromatic carbocycles. The fraction of sp³-hybridized carbons (Fsp3) is 0.769. The van der Waals surface area contributed by atoms with E-state index >= 15 is 0 Å². The van der Waals surface area contributed by atoms with Crippen molar-refractivity contribution in [1.29, 1.82) is 0 Å². The summed E-state index contributed by atoms with van der Waals surface area (Å²) < 4.78 is 0. The summed E-state index contributed by atoms with van der Waals surface area (Å²) in [5.74, 6) is 1.43. The van der Waals surface area contributed by atoms with Gasteiger partial charge in [0.1, 0.15) is 0 Å². The van der Waals surface area contributed by atoms with Crippen molar-refractivity contribution in [1.82, 2.24) is 15.0 Å². The Morgan fingerprint density at radius 3 is 2.70 bits per heavy atom. The summed E-state index contributed by atoms with van der Waals surface area (Å²) in [6.07, 6.45) is 4.95. The van der Waals surface area contributed by atoms with E-state index in [-0.39, 0.29) is 12.1 Å². The SMILES string of the molecule is CC(O)CCCNc1nc(N)nc(N2CCCCC2)n1. The van der Waals surface area contributed by atoms with Gasteiger partial charge in [0.05, 0.1) is 6.10 Å². The molecule has 1 aliphatic rings. The summed E-state index contributed by atoms with van der Waals surface area (Å²) in [6, 6.07) is 0. The Bertz CT molecular complexity index is 419. The first-order valence-corrected chi connectivity index (χ1v) is 7.33. The number of aromatic nitrogens is 3. The van der Waals surface area contributed by atoms with Crippen molar-refractivity contribution in [2.45, 2.75) is 45.1 Å². The molecule has 0 saturated carbocycles. The summed E-state index contributed by atoms with van der Waals surface area (Å²) in [5.41, 5.74) is 5.75. The van der Waals surface area contributed by atoms with E-state index in [1.807, 2.05) is 0 Å². The quantitative estimate of drug-likeness (QED) is 0.669. The van der Waals surface area contributed by atoms with E-state index in [0.29, 0.717) is 18.4 Å². The standard InChI is InChI=1S/C13H24N6O/c1-10(20)6-5-7-15-12-16-11(14)17-13(18-12)19-8-3-2-4-9-19/h10,20H,2-9H2,1H3,(H3,14,15,16,17,18). The van der Waals surface area contributed by atoms with E-state index in [9.17, 15) is 5.11 Å². The predicted molar refractivity (Wildman–Crippen MR) is 79.7 cm³/mol. The van der Waals surface area contributed by atoms with E-state index < -0.39 is 0 Å². The van der Waals surface area contributed by atoms with E-state index in [1.165, 1.54) is 19.3 Å². The van der Waals surface area contributed by atoms with Gasteiger partial charge in [-0.1, -0.05) is 0 Å². The lowest BCUT2D eigenvalue weighted by Gasteiger charge is -2.26. The predicted octanol–water partition coefficient (Wildman–Crippen LogP) is 1.02. The molecule has 112 valence electrons. The van der Waals surface area contributed by atoms with Gasteiger partial charge < -0.3 is 21.1 Å². The van der Waals surface area contributed by atoms with Crippen molar-refractivity contribution in [2.75, 3.05) is 35.6 Å².